The van der Waals surface area contributed by atoms with Crippen molar-refractivity contribution in [1.82, 2.24) is 20.2 Å². The van der Waals surface area contributed by atoms with Gasteiger partial charge in [0, 0.05) is 31.4 Å². The van der Waals surface area contributed by atoms with E-state index in [-0.39, 0.29) is 41.4 Å². The summed E-state index contributed by atoms with van der Waals surface area (Å²) >= 11 is 1.26. The van der Waals surface area contributed by atoms with Gasteiger partial charge in [-0.1, -0.05) is 24.6 Å². The van der Waals surface area contributed by atoms with Crippen LogP contribution in [0.15, 0.2) is 28.2 Å². The van der Waals surface area contributed by atoms with Gasteiger partial charge in [-0.3, -0.25) is 19.0 Å². The number of fused-ring (bicyclic) bond motifs is 1. The van der Waals surface area contributed by atoms with Crippen molar-refractivity contribution < 1.29 is 19.1 Å². The lowest BCUT2D eigenvalue weighted by atomic mass is 10.1. The summed E-state index contributed by atoms with van der Waals surface area (Å²) in [6.45, 7) is 2.29. The van der Waals surface area contributed by atoms with Crippen molar-refractivity contribution in [2.75, 3.05) is 25.5 Å². The Labute approximate surface area is 214 Å². The number of ether oxygens (including phenoxy) is 2. The van der Waals surface area contributed by atoms with Gasteiger partial charge >= 0.3 is 0 Å². The number of hydrogen-bond acceptors (Lipinski definition) is 7. The molecule has 0 spiro atoms. The van der Waals surface area contributed by atoms with Gasteiger partial charge in [-0.15, -0.1) is 0 Å². The Hall–Kier alpha value is -2.43. The van der Waals surface area contributed by atoms with Crippen LogP contribution in [0.3, 0.4) is 0 Å². The average molecular weight is 515 g/mol. The van der Waals surface area contributed by atoms with E-state index >= 15 is 0 Å². The fourth-order valence-corrected chi connectivity index (χ4v) is 6.01. The Morgan fingerprint density at radius 3 is 2.50 bits per heavy atom. The summed E-state index contributed by atoms with van der Waals surface area (Å²) in [4.78, 5) is 43.5. The number of carbonyl (C=O) groups excluding carboxylic acids is 2. The number of thioether (sulfide) groups is 1. The van der Waals surface area contributed by atoms with E-state index in [1.807, 2.05) is 0 Å². The highest BCUT2D eigenvalue weighted by atomic mass is 32.2. The molecule has 10 heteroatoms. The van der Waals surface area contributed by atoms with E-state index in [2.05, 4.69) is 10.6 Å². The van der Waals surface area contributed by atoms with Crippen molar-refractivity contribution in [3.05, 3.63) is 34.1 Å². The number of rotatable bonds is 9. The van der Waals surface area contributed by atoms with E-state index in [0.29, 0.717) is 41.3 Å². The van der Waals surface area contributed by atoms with Crippen molar-refractivity contribution >= 4 is 34.5 Å². The third-order valence-corrected chi connectivity index (χ3v) is 8.14. The Morgan fingerprint density at radius 2 is 1.78 bits per heavy atom. The Kier molecular flexibility index (Phi) is 8.23. The van der Waals surface area contributed by atoms with Gasteiger partial charge in [-0.25, -0.2) is 4.98 Å². The van der Waals surface area contributed by atoms with Gasteiger partial charge in [0.15, 0.2) is 5.16 Å². The molecule has 0 unspecified atom stereocenters. The van der Waals surface area contributed by atoms with Crippen molar-refractivity contribution in [2.24, 2.45) is 0 Å². The van der Waals surface area contributed by atoms with Crippen LogP contribution in [0.1, 0.15) is 61.7 Å². The van der Waals surface area contributed by atoms with E-state index < -0.39 is 0 Å². The molecule has 5 rings (SSSR count). The minimum Gasteiger partial charge on any atom is -0.376 e. The molecular formula is C26H34N4O5S. The van der Waals surface area contributed by atoms with Crippen LogP contribution in [0, 0.1) is 0 Å². The van der Waals surface area contributed by atoms with Gasteiger partial charge in [-0.2, -0.15) is 0 Å². The molecular weight excluding hydrogens is 480 g/mol. The number of amides is 2. The molecule has 0 radical (unpaired) electrons. The molecule has 2 atom stereocenters. The average Bonchev–Trinajstić information content (AvgIpc) is 3.67. The lowest BCUT2D eigenvalue weighted by molar-refractivity contribution is -0.119. The van der Waals surface area contributed by atoms with E-state index in [1.54, 1.807) is 22.8 Å². The molecule has 194 valence electrons. The first-order valence-electron chi connectivity index (χ1n) is 13.0. The zero-order chi connectivity index (χ0) is 24.9. The molecule has 9 nitrogen and oxygen atoms in total. The summed E-state index contributed by atoms with van der Waals surface area (Å²) in [5.74, 6) is -0.0864. The van der Waals surface area contributed by atoms with Crippen LogP contribution >= 0.6 is 11.8 Å². The highest BCUT2D eigenvalue weighted by Crippen LogP contribution is 2.23. The standard InChI is InChI=1S/C26H34N4O5S/c31-23(28-18-5-1-2-6-18)16-36-26-29-22-13-17(24(32)27-14-19-7-3-11-34-19)9-10-21(22)25(33)30(26)15-20-8-4-12-35-20/h9-10,13,18-20H,1-8,11-12,14-16H2,(H,27,32)(H,28,31)/t19-,20-/m0/s1. The van der Waals surface area contributed by atoms with E-state index in [9.17, 15) is 14.4 Å². The quantitative estimate of drug-likeness (QED) is 0.391. The summed E-state index contributed by atoms with van der Waals surface area (Å²) in [5, 5.41) is 6.93. The highest BCUT2D eigenvalue weighted by molar-refractivity contribution is 7.99. The zero-order valence-corrected chi connectivity index (χ0v) is 21.3. The van der Waals surface area contributed by atoms with Gasteiger partial charge in [0.1, 0.15) is 0 Å². The third-order valence-electron chi connectivity index (χ3n) is 7.16. The smallest absolute Gasteiger partial charge is 0.262 e. The van der Waals surface area contributed by atoms with Crippen LogP contribution in [0.2, 0.25) is 0 Å². The van der Waals surface area contributed by atoms with Crippen molar-refractivity contribution in [3.63, 3.8) is 0 Å². The van der Waals surface area contributed by atoms with Crippen molar-refractivity contribution in [2.45, 2.75) is 81.3 Å². The fraction of sp³-hybridized carbons (Fsp3) is 0.615. The van der Waals surface area contributed by atoms with Crippen LogP contribution in [-0.4, -0.2) is 65.1 Å². The second-order valence-corrected chi connectivity index (χ2v) is 10.8. The molecule has 2 aromatic rings. The van der Waals surface area contributed by atoms with Crippen LogP contribution in [0.4, 0.5) is 0 Å². The maximum absolute atomic E-state index is 13.5. The molecule has 1 aromatic heterocycles. The SMILES string of the molecule is O=C(CSc1nc2cc(C(=O)NC[C@@H]3CCCO3)ccc2c(=O)n1C[C@@H]1CCCO1)NC1CCCC1. The largest absolute Gasteiger partial charge is 0.376 e. The molecule has 3 aliphatic rings. The molecule has 2 amide bonds. The summed E-state index contributed by atoms with van der Waals surface area (Å²) in [5.41, 5.74) is 0.715. The van der Waals surface area contributed by atoms with Crippen LogP contribution in [-0.2, 0) is 20.8 Å². The Bertz CT molecular complexity index is 1150. The van der Waals surface area contributed by atoms with E-state index in [0.717, 1.165) is 58.0 Å². The van der Waals surface area contributed by atoms with Crippen molar-refractivity contribution in [3.8, 4) is 0 Å². The maximum Gasteiger partial charge on any atom is 0.262 e. The van der Waals surface area contributed by atoms with Gasteiger partial charge < -0.3 is 20.1 Å². The van der Waals surface area contributed by atoms with Gasteiger partial charge in [0.25, 0.3) is 11.5 Å². The number of nitrogens with one attached hydrogen (secondary N) is 2. The van der Waals surface area contributed by atoms with Crippen molar-refractivity contribution in [1.29, 1.82) is 0 Å². The molecule has 1 aliphatic carbocycles. The third kappa shape index (κ3) is 6.10. The second kappa shape index (κ2) is 11.7. The van der Waals surface area contributed by atoms with Crippen LogP contribution < -0.4 is 16.2 Å². The van der Waals surface area contributed by atoms with Gasteiger partial charge in [0.05, 0.1) is 35.4 Å². The number of aromatic nitrogens is 2. The normalized spacial score (nSPS) is 22.3. The van der Waals surface area contributed by atoms with Gasteiger partial charge in [-0.05, 0) is 56.7 Å². The summed E-state index contributed by atoms with van der Waals surface area (Å²) in [7, 11) is 0. The maximum atomic E-state index is 13.5. The van der Waals surface area contributed by atoms with E-state index in [1.165, 1.54) is 11.8 Å². The first-order valence-corrected chi connectivity index (χ1v) is 14.0. The molecule has 1 aromatic carbocycles. The predicted octanol–water partition coefficient (Wildman–Crippen LogP) is 2.64. The summed E-state index contributed by atoms with van der Waals surface area (Å²) < 4.78 is 13.0. The number of benzene rings is 1. The molecule has 3 heterocycles. The highest BCUT2D eigenvalue weighted by Gasteiger charge is 2.23. The minimum atomic E-state index is -0.220. The topological polar surface area (TPSA) is 112 Å². The predicted molar refractivity (Wildman–Crippen MR) is 137 cm³/mol. The van der Waals surface area contributed by atoms with Crippen LogP contribution in [0.5, 0.6) is 0 Å². The summed E-state index contributed by atoms with van der Waals surface area (Å²) in [6.07, 6.45) is 8.16. The zero-order valence-electron chi connectivity index (χ0n) is 20.5. The molecule has 36 heavy (non-hydrogen) atoms. The van der Waals surface area contributed by atoms with Gasteiger partial charge in [0.2, 0.25) is 5.91 Å². The molecule has 0 bridgehead atoms. The Balaban J connectivity index is 1.36. The molecule has 2 N–H and O–H groups in total. The number of hydrogen-bond donors (Lipinski definition) is 2. The second-order valence-electron chi connectivity index (χ2n) is 9.86. The molecule has 2 aliphatic heterocycles. The lowest BCUT2D eigenvalue weighted by Gasteiger charge is -2.17. The number of nitrogens with zero attached hydrogens (tertiary/aromatic N) is 2. The first-order chi connectivity index (χ1) is 17.6. The first kappa shape index (κ1) is 25.2. The molecule has 2 saturated heterocycles. The number of carbonyl (C=O) groups is 2. The monoisotopic (exact) mass is 514 g/mol. The lowest BCUT2D eigenvalue weighted by Crippen LogP contribution is -2.34. The molecule has 1 saturated carbocycles. The summed E-state index contributed by atoms with van der Waals surface area (Å²) in [6, 6.07) is 5.22. The van der Waals surface area contributed by atoms with Crippen LogP contribution in [0.25, 0.3) is 10.9 Å². The fourth-order valence-electron chi connectivity index (χ4n) is 5.19. The van der Waals surface area contributed by atoms with E-state index in [4.69, 9.17) is 14.5 Å². The molecule has 3 fully saturated rings. The Morgan fingerprint density at radius 1 is 1.03 bits per heavy atom. The minimum absolute atomic E-state index is 0.0449.